The molecule has 1 atom stereocenters. The van der Waals surface area contributed by atoms with Crippen LogP contribution in [0.3, 0.4) is 0 Å². The van der Waals surface area contributed by atoms with E-state index in [0.717, 1.165) is 18.8 Å². The van der Waals surface area contributed by atoms with Crippen LogP contribution in [0.5, 0.6) is 5.75 Å². The monoisotopic (exact) mass is 292 g/mol. The second-order valence-electron chi connectivity index (χ2n) is 6.78. The maximum Gasteiger partial charge on any atom is 0.119 e. The first-order chi connectivity index (χ1) is 9.79. The van der Waals surface area contributed by atoms with Crippen molar-refractivity contribution in [2.45, 2.75) is 59.7 Å². The van der Waals surface area contributed by atoms with Crippen molar-refractivity contribution in [2.24, 2.45) is 11.7 Å². The Morgan fingerprint density at radius 2 is 1.52 bits per heavy atom. The highest BCUT2D eigenvalue weighted by molar-refractivity contribution is 5.29. The maximum absolute atomic E-state index is 6.38. The summed E-state index contributed by atoms with van der Waals surface area (Å²) < 4.78 is 5.67. The molecule has 1 aromatic rings. The van der Waals surface area contributed by atoms with Gasteiger partial charge >= 0.3 is 0 Å². The summed E-state index contributed by atoms with van der Waals surface area (Å²) in [6, 6.07) is 8.74. The molecular weight excluding hydrogens is 260 g/mol. The lowest BCUT2D eigenvalue weighted by Gasteiger charge is -2.31. The van der Waals surface area contributed by atoms with Crippen LogP contribution < -0.4 is 10.5 Å². The van der Waals surface area contributed by atoms with Crippen LogP contribution in [-0.2, 0) is 0 Å². The molecule has 0 saturated carbocycles. The van der Waals surface area contributed by atoms with E-state index in [1.54, 1.807) is 0 Å². The van der Waals surface area contributed by atoms with Crippen LogP contribution >= 0.6 is 0 Å². The standard InChI is InChI=1S/C18H32N2O/c1-13(2)11-20(14(3)4)12-18(19)16-7-9-17(10-8-16)21-15(5)6/h7-10,13-15,18H,11-12,19H2,1-6H3. The molecule has 0 aliphatic carbocycles. The zero-order valence-corrected chi connectivity index (χ0v) is 14.5. The van der Waals surface area contributed by atoms with E-state index in [1.807, 2.05) is 26.0 Å². The molecule has 0 fully saturated rings. The van der Waals surface area contributed by atoms with Gasteiger partial charge in [-0.1, -0.05) is 26.0 Å². The van der Waals surface area contributed by atoms with Gasteiger partial charge in [0.25, 0.3) is 0 Å². The number of nitrogens with two attached hydrogens (primary N) is 1. The van der Waals surface area contributed by atoms with Gasteiger partial charge in [-0.2, -0.15) is 0 Å². The molecule has 0 bridgehead atoms. The van der Waals surface area contributed by atoms with Crippen molar-refractivity contribution in [3.05, 3.63) is 29.8 Å². The van der Waals surface area contributed by atoms with Gasteiger partial charge in [-0.15, -0.1) is 0 Å². The molecule has 21 heavy (non-hydrogen) atoms. The molecule has 120 valence electrons. The lowest BCUT2D eigenvalue weighted by molar-refractivity contribution is 0.186. The Morgan fingerprint density at radius 1 is 0.952 bits per heavy atom. The summed E-state index contributed by atoms with van der Waals surface area (Å²) in [6.07, 6.45) is 0.201. The van der Waals surface area contributed by atoms with Crippen molar-refractivity contribution in [1.29, 1.82) is 0 Å². The minimum atomic E-state index is 0.0410. The van der Waals surface area contributed by atoms with Gasteiger partial charge in [0.05, 0.1) is 6.10 Å². The van der Waals surface area contributed by atoms with E-state index in [9.17, 15) is 0 Å². The second kappa shape index (κ2) is 8.40. The molecule has 0 radical (unpaired) electrons. The van der Waals surface area contributed by atoms with Crippen LogP contribution in [-0.4, -0.2) is 30.1 Å². The number of benzene rings is 1. The minimum Gasteiger partial charge on any atom is -0.491 e. The molecular formula is C18H32N2O. The van der Waals surface area contributed by atoms with Crippen molar-refractivity contribution in [3.63, 3.8) is 0 Å². The van der Waals surface area contributed by atoms with Crippen molar-refractivity contribution in [3.8, 4) is 5.75 Å². The average Bonchev–Trinajstić information content (AvgIpc) is 2.37. The summed E-state index contributed by atoms with van der Waals surface area (Å²) in [5.74, 6) is 1.56. The third-order valence-corrected chi connectivity index (χ3v) is 3.44. The topological polar surface area (TPSA) is 38.5 Å². The summed E-state index contributed by atoms with van der Waals surface area (Å²) in [6.45, 7) is 15.0. The van der Waals surface area contributed by atoms with Gasteiger partial charge in [0.15, 0.2) is 0 Å². The van der Waals surface area contributed by atoms with E-state index in [4.69, 9.17) is 10.5 Å². The molecule has 1 unspecified atom stereocenters. The Labute approximate surface area is 130 Å². The molecule has 0 aliphatic heterocycles. The molecule has 0 amide bonds. The molecule has 3 heteroatoms. The summed E-state index contributed by atoms with van der Waals surface area (Å²) in [4.78, 5) is 2.45. The van der Waals surface area contributed by atoms with E-state index in [0.29, 0.717) is 12.0 Å². The predicted molar refractivity (Wildman–Crippen MR) is 90.7 cm³/mol. The molecule has 0 spiro atoms. The zero-order chi connectivity index (χ0) is 16.0. The molecule has 2 N–H and O–H groups in total. The lowest BCUT2D eigenvalue weighted by Crippen LogP contribution is -2.39. The number of hydrogen-bond donors (Lipinski definition) is 1. The molecule has 3 nitrogen and oxygen atoms in total. The van der Waals surface area contributed by atoms with E-state index < -0.39 is 0 Å². The Balaban J connectivity index is 2.66. The Kier molecular flexibility index (Phi) is 7.20. The normalized spacial score (nSPS) is 13.5. The highest BCUT2D eigenvalue weighted by Gasteiger charge is 2.16. The maximum atomic E-state index is 6.38. The van der Waals surface area contributed by atoms with Gasteiger partial charge in [0.1, 0.15) is 5.75 Å². The van der Waals surface area contributed by atoms with Crippen molar-refractivity contribution in [1.82, 2.24) is 4.90 Å². The number of nitrogens with zero attached hydrogens (tertiary/aromatic N) is 1. The third kappa shape index (κ3) is 6.49. The summed E-state index contributed by atoms with van der Waals surface area (Å²) in [5.41, 5.74) is 7.55. The van der Waals surface area contributed by atoms with E-state index in [2.05, 4.69) is 44.7 Å². The zero-order valence-electron chi connectivity index (χ0n) is 14.5. The predicted octanol–water partition coefficient (Wildman–Crippen LogP) is 3.84. The van der Waals surface area contributed by atoms with Gasteiger partial charge in [-0.25, -0.2) is 0 Å². The summed E-state index contributed by atoms with van der Waals surface area (Å²) in [5, 5.41) is 0. The highest BCUT2D eigenvalue weighted by atomic mass is 16.5. The molecule has 0 saturated heterocycles. The van der Waals surface area contributed by atoms with Crippen LogP contribution in [0.1, 0.15) is 53.1 Å². The third-order valence-electron chi connectivity index (χ3n) is 3.44. The Hall–Kier alpha value is -1.06. The first-order valence-corrected chi connectivity index (χ1v) is 8.05. The fourth-order valence-electron chi connectivity index (χ4n) is 2.39. The Morgan fingerprint density at radius 3 is 1.95 bits per heavy atom. The summed E-state index contributed by atoms with van der Waals surface area (Å²) in [7, 11) is 0. The number of hydrogen-bond acceptors (Lipinski definition) is 3. The van der Waals surface area contributed by atoms with Gasteiger partial charge < -0.3 is 10.5 Å². The van der Waals surface area contributed by atoms with Gasteiger partial charge in [0, 0.05) is 25.2 Å². The van der Waals surface area contributed by atoms with Crippen molar-refractivity contribution < 1.29 is 4.74 Å². The van der Waals surface area contributed by atoms with Gasteiger partial charge in [0.2, 0.25) is 0 Å². The Bertz CT molecular complexity index is 398. The van der Waals surface area contributed by atoms with Crippen LogP contribution in [0.25, 0.3) is 0 Å². The van der Waals surface area contributed by atoms with Gasteiger partial charge in [-0.05, 0) is 51.3 Å². The molecule has 0 heterocycles. The largest absolute Gasteiger partial charge is 0.491 e. The highest BCUT2D eigenvalue weighted by Crippen LogP contribution is 2.19. The summed E-state index contributed by atoms with van der Waals surface area (Å²) >= 11 is 0. The first kappa shape index (κ1) is 18.0. The second-order valence-corrected chi connectivity index (χ2v) is 6.78. The number of ether oxygens (including phenoxy) is 1. The number of rotatable bonds is 8. The van der Waals surface area contributed by atoms with Crippen LogP contribution in [0.4, 0.5) is 0 Å². The fraction of sp³-hybridized carbons (Fsp3) is 0.667. The lowest BCUT2D eigenvalue weighted by atomic mass is 10.1. The molecule has 0 aromatic heterocycles. The SMILES string of the molecule is CC(C)CN(CC(N)c1ccc(OC(C)C)cc1)C(C)C. The van der Waals surface area contributed by atoms with Crippen LogP contribution in [0.2, 0.25) is 0 Å². The fourth-order valence-corrected chi connectivity index (χ4v) is 2.39. The van der Waals surface area contributed by atoms with Crippen molar-refractivity contribution in [2.75, 3.05) is 13.1 Å². The van der Waals surface area contributed by atoms with Gasteiger partial charge in [-0.3, -0.25) is 4.90 Å². The van der Waals surface area contributed by atoms with E-state index in [1.165, 1.54) is 5.56 Å². The van der Waals surface area contributed by atoms with Crippen LogP contribution in [0.15, 0.2) is 24.3 Å². The quantitative estimate of drug-likeness (QED) is 0.791. The van der Waals surface area contributed by atoms with E-state index >= 15 is 0 Å². The minimum absolute atomic E-state index is 0.0410. The first-order valence-electron chi connectivity index (χ1n) is 8.05. The smallest absolute Gasteiger partial charge is 0.119 e. The van der Waals surface area contributed by atoms with Crippen molar-refractivity contribution >= 4 is 0 Å². The molecule has 0 aliphatic rings. The average molecular weight is 292 g/mol. The molecule has 1 aromatic carbocycles. The van der Waals surface area contributed by atoms with E-state index in [-0.39, 0.29) is 12.1 Å². The molecule has 1 rings (SSSR count). The van der Waals surface area contributed by atoms with Crippen LogP contribution in [0, 0.1) is 5.92 Å².